The van der Waals surface area contributed by atoms with E-state index in [1.807, 2.05) is 79.2 Å². The van der Waals surface area contributed by atoms with E-state index >= 15 is 0 Å². The average Bonchev–Trinajstić information content (AvgIpc) is 2.87. The Morgan fingerprint density at radius 2 is 0.938 bits per heavy atom. The predicted octanol–water partition coefficient (Wildman–Crippen LogP) is 7.98. The van der Waals surface area contributed by atoms with E-state index < -0.39 is 0 Å². The number of benzene rings is 5. The molecule has 0 aliphatic rings. The molecule has 0 fully saturated rings. The van der Waals surface area contributed by atoms with Gasteiger partial charge >= 0.3 is 28.2 Å². The normalized spacial score (nSPS) is 11.2. The first-order chi connectivity index (χ1) is 15.9. The Morgan fingerprint density at radius 3 is 1.44 bits per heavy atom. The van der Waals surface area contributed by atoms with Crippen molar-refractivity contribution in [3.05, 3.63) is 120 Å². The van der Waals surface area contributed by atoms with E-state index in [4.69, 9.17) is 9.98 Å². The second-order valence-corrected chi connectivity index (χ2v) is 7.07. The maximum Gasteiger partial charge on any atom is 0.0616 e. The summed E-state index contributed by atoms with van der Waals surface area (Å²) in [5, 5.41) is 4.66. The molecule has 5 aromatic carbocycles. The van der Waals surface area contributed by atoms with Crippen LogP contribution in [0, 0.1) is 6.07 Å². The summed E-state index contributed by atoms with van der Waals surface area (Å²) in [6.45, 7) is 0. The van der Waals surface area contributed by atoms with Gasteiger partial charge in [0.1, 0.15) is 0 Å². The van der Waals surface area contributed by atoms with E-state index in [1.165, 1.54) is 10.8 Å². The third-order valence-electron chi connectivity index (χ3n) is 5.06. The molecule has 0 saturated heterocycles. The number of hydrogen-bond donors (Lipinski definition) is 0. The minimum Gasteiger partial charge on any atom is -0.294 e. The van der Waals surface area contributed by atoms with E-state index in [2.05, 4.69) is 51.9 Å². The molecule has 158 valence electrons. The summed E-state index contributed by atoms with van der Waals surface area (Å²) in [4.78, 5) is 9.41. The second-order valence-electron chi connectivity index (χ2n) is 7.07. The van der Waals surface area contributed by atoms with Gasteiger partial charge in [0.25, 0.3) is 0 Å². The zero-order chi connectivity index (χ0) is 22.2. The molecular formula is C28H19ClN2Pt. The Hall–Kier alpha value is -3.06. The summed E-state index contributed by atoms with van der Waals surface area (Å²) in [6.07, 6.45) is 3.72. The van der Waals surface area contributed by atoms with Crippen LogP contribution in [0.1, 0.15) is 11.1 Å². The summed E-state index contributed by atoms with van der Waals surface area (Å²) in [7, 11) is 4.61. The van der Waals surface area contributed by atoms with Crippen LogP contribution in [-0.4, -0.2) is 12.4 Å². The molecule has 5 rings (SSSR count). The molecule has 2 nitrogen and oxygen atoms in total. The van der Waals surface area contributed by atoms with E-state index in [-0.39, 0.29) is 0 Å². The van der Waals surface area contributed by atoms with Gasteiger partial charge in [-0.2, -0.15) is 0 Å². The van der Waals surface area contributed by atoms with Gasteiger partial charge in [-0.15, -0.1) is 35.4 Å². The third-order valence-corrected chi connectivity index (χ3v) is 5.06. The molecular weight excluding hydrogens is 595 g/mol. The monoisotopic (exact) mass is 613 g/mol. The molecule has 0 N–H and O–H groups in total. The van der Waals surface area contributed by atoms with Crippen LogP contribution < -0.4 is 0 Å². The van der Waals surface area contributed by atoms with Crippen molar-refractivity contribution < 1.29 is 18.8 Å². The smallest absolute Gasteiger partial charge is 0.0616 e. The van der Waals surface area contributed by atoms with Gasteiger partial charge < -0.3 is 0 Å². The van der Waals surface area contributed by atoms with E-state index in [0.717, 1.165) is 33.3 Å². The molecule has 0 atom stereocenters. The van der Waals surface area contributed by atoms with Gasteiger partial charge in [-0.3, -0.25) is 9.98 Å². The molecule has 0 aromatic heterocycles. The van der Waals surface area contributed by atoms with Crippen LogP contribution in [0.3, 0.4) is 0 Å². The number of nitrogens with zero attached hydrogens (tertiary/aromatic N) is 2. The van der Waals surface area contributed by atoms with Gasteiger partial charge in [0.2, 0.25) is 0 Å². The van der Waals surface area contributed by atoms with Crippen molar-refractivity contribution in [1.29, 1.82) is 0 Å². The van der Waals surface area contributed by atoms with Crippen LogP contribution >= 0.6 is 9.42 Å². The zero-order valence-corrected chi connectivity index (χ0v) is 20.1. The Balaban J connectivity index is 0.00000119. The van der Waals surface area contributed by atoms with E-state index in [9.17, 15) is 0 Å². The summed E-state index contributed by atoms with van der Waals surface area (Å²) < 4.78 is 0. The van der Waals surface area contributed by atoms with Gasteiger partial charge in [-0.25, -0.2) is 0 Å². The molecule has 0 heterocycles. The SMILES string of the molecule is [Cl][Pt+].[c-]1c(C=Nc2cccc3ccccc23)cccc1C=Nc1cccc2ccccc12. The van der Waals surface area contributed by atoms with Gasteiger partial charge in [-0.1, -0.05) is 72.8 Å². The molecule has 0 bridgehead atoms. The molecule has 5 aromatic rings. The molecule has 0 radical (unpaired) electrons. The summed E-state index contributed by atoms with van der Waals surface area (Å²) in [5.74, 6) is 0. The van der Waals surface area contributed by atoms with Gasteiger partial charge in [0.05, 0.1) is 11.4 Å². The van der Waals surface area contributed by atoms with Crippen molar-refractivity contribution >= 4 is 54.8 Å². The Morgan fingerprint density at radius 1 is 0.531 bits per heavy atom. The van der Waals surface area contributed by atoms with Crippen molar-refractivity contribution in [1.82, 2.24) is 0 Å². The summed E-state index contributed by atoms with van der Waals surface area (Å²) >= 11 is 1.61. The minimum absolute atomic E-state index is 0.921. The number of aliphatic imine (C=N–C) groups is 2. The van der Waals surface area contributed by atoms with Crippen LogP contribution in [0.15, 0.2) is 113 Å². The largest absolute Gasteiger partial charge is 0.294 e. The first-order valence-electron chi connectivity index (χ1n) is 10.0. The maximum atomic E-state index is 4.70. The predicted molar refractivity (Wildman–Crippen MR) is 134 cm³/mol. The first-order valence-corrected chi connectivity index (χ1v) is 12.9. The Kier molecular flexibility index (Phi) is 7.61. The zero-order valence-electron chi connectivity index (χ0n) is 17.1. The van der Waals surface area contributed by atoms with Crippen LogP contribution in [0.25, 0.3) is 21.5 Å². The average molecular weight is 614 g/mol. The van der Waals surface area contributed by atoms with E-state index in [1.54, 1.807) is 18.8 Å². The molecule has 0 unspecified atom stereocenters. The fraction of sp³-hybridized carbons (Fsp3) is 0. The second kappa shape index (κ2) is 11.0. The fourth-order valence-electron chi connectivity index (χ4n) is 3.58. The van der Waals surface area contributed by atoms with E-state index in [0.29, 0.717) is 0 Å². The molecule has 0 aliphatic heterocycles. The molecule has 4 heteroatoms. The third kappa shape index (κ3) is 5.22. The number of rotatable bonds is 4. The molecule has 0 aliphatic carbocycles. The molecule has 0 spiro atoms. The van der Waals surface area contributed by atoms with Crippen molar-refractivity contribution in [2.24, 2.45) is 9.98 Å². The van der Waals surface area contributed by atoms with Gasteiger partial charge in [0, 0.05) is 10.8 Å². The van der Waals surface area contributed by atoms with Crippen LogP contribution in [-0.2, 0) is 18.8 Å². The maximum absolute atomic E-state index is 4.70. The number of fused-ring (bicyclic) bond motifs is 2. The Bertz CT molecular complexity index is 1290. The van der Waals surface area contributed by atoms with Crippen LogP contribution in [0.5, 0.6) is 0 Å². The summed E-state index contributed by atoms with van der Waals surface area (Å²) in [6, 6.07) is 38.3. The first kappa shape index (κ1) is 22.1. The fourth-order valence-corrected chi connectivity index (χ4v) is 3.58. The number of halogens is 1. The van der Waals surface area contributed by atoms with Crippen molar-refractivity contribution in [2.45, 2.75) is 0 Å². The molecule has 32 heavy (non-hydrogen) atoms. The summed E-state index contributed by atoms with van der Waals surface area (Å²) in [5.41, 5.74) is 3.75. The molecule has 0 saturated carbocycles. The Labute approximate surface area is 203 Å². The minimum atomic E-state index is 0.921. The van der Waals surface area contributed by atoms with Gasteiger partial charge in [-0.05, 0) is 35.3 Å². The van der Waals surface area contributed by atoms with Crippen molar-refractivity contribution in [3.8, 4) is 0 Å². The topological polar surface area (TPSA) is 24.7 Å². The van der Waals surface area contributed by atoms with Crippen molar-refractivity contribution in [2.75, 3.05) is 0 Å². The standard InChI is InChI=1S/C28H19N2.ClH.Pt/c1-3-14-25-23(10-1)12-6-16-27(25)29-19-21-8-5-9-22(18-21)20-30-28-17-7-13-24-11-2-4-15-26(24)28;;/h1-17,19-20H;1H;/q-1;;+2/p-1. The quantitative estimate of drug-likeness (QED) is 0.145. The van der Waals surface area contributed by atoms with Crippen LogP contribution in [0.4, 0.5) is 11.4 Å². The molecule has 0 amide bonds. The van der Waals surface area contributed by atoms with Crippen LogP contribution in [0.2, 0.25) is 0 Å². The van der Waals surface area contributed by atoms with Gasteiger partial charge in [0.15, 0.2) is 0 Å². The number of hydrogen-bond acceptors (Lipinski definition) is 2. The van der Waals surface area contributed by atoms with Crippen molar-refractivity contribution in [3.63, 3.8) is 0 Å².